The number of hydrazine groups is 1. The highest BCUT2D eigenvalue weighted by molar-refractivity contribution is 5.83. The number of rotatable bonds is 5. The zero-order valence-electron chi connectivity index (χ0n) is 9.86. The topological polar surface area (TPSA) is 113 Å². The Morgan fingerprint density at radius 1 is 1.41 bits per heavy atom. The maximum absolute atomic E-state index is 11.5. The lowest BCUT2D eigenvalue weighted by Gasteiger charge is -2.11. The molecule has 1 aromatic heterocycles. The fourth-order valence-corrected chi connectivity index (χ4v) is 1.26. The molecule has 3 N–H and O–H groups in total. The molecule has 0 aliphatic rings. The lowest BCUT2D eigenvalue weighted by Crippen LogP contribution is -2.44. The first-order valence-electron chi connectivity index (χ1n) is 5.44. The first kappa shape index (κ1) is 13.1. The lowest BCUT2D eigenvalue weighted by atomic mass is 10.1. The number of carbonyl (C=O) groups is 2. The molecule has 0 aliphatic carbocycles. The van der Waals surface area contributed by atoms with E-state index in [-0.39, 0.29) is 30.0 Å². The van der Waals surface area contributed by atoms with Gasteiger partial charge in [-0.25, -0.2) is 0 Å². The summed E-state index contributed by atoms with van der Waals surface area (Å²) in [4.78, 5) is 22.8. The van der Waals surface area contributed by atoms with Gasteiger partial charge in [0.05, 0.1) is 6.42 Å². The van der Waals surface area contributed by atoms with Crippen molar-refractivity contribution in [2.24, 2.45) is 5.92 Å². The first-order chi connectivity index (χ1) is 8.13. The summed E-state index contributed by atoms with van der Waals surface area (Å²) >= 11 is 0. The van der Waals surface area contributed by atoms with E-state index in [9.17, 15) is 9.59 Å². The minimum absolute atomic E-state index is 0.0288. The van der Waals surface area contributed by atoms with Crippen molar-refractivity contribution in [2.75, 3.05) is 0 Å². The number of aromatic nitrogens is 4. The Morgan fingerprint density at radius 2 is 2.18 bits per heavy atom. The predicted octanol–water partition coefficient (Wildman–Crippen LogP) is -0.674. The maximum Gasteiger partial charge on any atom is 0.246 e. The Balaban J connectivity index is 2.26. The number of amides is 2. The van der Waals surface area contributed by atoms with Gasteiger partial charge in [0.1, 0.15) is 0 Å². The van der Waals surface area contributed by atoms with Crippen molar-refractivity contribution in [3.05, 3.63) is 5.82 Å². The number of hydrogen-bond donors (Lipinski definition) is 3. The van der Waals surface area contributed by atoms with Crippen LogP contribution in [0.2, 0.25) is 0 Å². The van der Waals surface area contributed by atoms with E-state index < -0.39 is 0 Å². The van der Waals surface area contributed by atoms with Gasteiger partial charge < -0.3 is 0 Å². The van der Waals surface area contributed by atoms with E-state index in [1.165, 1.54) is 0 Å². The third kappa shape index (κ3) is 4.58. The number of nitrogens with one attached hydrogen (secondary N) is 3. The van der Waals surface area contributed by atoms with Gasteiger partial charge in [-0.15, -0.1) is 10.2 Å². The molecule has 0 radical (unpaired) electrons. The SMILES string of the molecule is CCCC(C)C(=O)NNC(=O)Cc1nn[nH]n1. The minimum atomic E-state index is -0.386. The standard InChI is InChI=1S/C9H16N6O2/c1-3-4-6(2)9(17)13-12-8(16)5-7-10-14-15-11-7/h6H,3-5H2,1-2H3,(H,12,16)(H,13,17)(H,10,11,14,15). The fourth-order valence-electron chi connectivity index (χ4n) is 1.26. The van der Waals surface area contributed by atoms with E-state index in [1.807, 2.05) is 13.8 Å². The first-order valence-corrected chi connectivity index (χ1v) is 5.44. The van der Waals surface area contributed by atoms with E-state index in [2.05, 4.69) is 31.5 Å². The molecular formula is C9H16N6O2. The molecule has 0 bridgehead atoms. The van der Waals surface area contributed by atoms with Crippen molar-refractivity contribution in [1.82, 2.24) is 31.5 Å². The van der Waals surface area contributed by atoms with Crippen molar-refractivity contribution in [3.8, 4) is 0 Å². The molecule has 0 aliphatic heterocycles. The lowest BCUT2D eigenvalue weighted by molar-refractivity contribution is -0.130. The van der Waals surface area contributed by atoms with Crippen LogP contribution in [0, 0.1) is 5.92 Å². The van der Waals surface area contributed by atoms with E-state index in [0.29, 0.717) is 0 Å². The molecule has 0 aromatic carbocycles. The van der Waals surface area contributed by atoms with E-state index >= 15 is 0 Å². The Labute approximate surface area is 98.5 Å². The van der Waals surface area contributed by atoms with Gasteiger partial charge >= 0.3 is 0 Å². The molecule has 94 valence electrons. The minimum Gasteiger partial charge on any atom is -0.273 e. The zero-order chi connectivity index (χ0) is 12.7. The van der Waals surface area contributed by atoms with Gasteiger partial charge in [0, 0.05) is 5.92 Å². The average Bonchev–Trinajstić information content (AvgIpc) is 2.79. The molecule has 17 heavy (non-hydrogen) atoms. The largest absolute Gasteiger partial charge is 0.273 e. The van der Waals surface area contributed by atoms with Crippen LogP contribution in [0.15, 0.2) is 0 Å². The molecule has 1 atom stereocenters. The summed E-state index contributed by atoms with van der Waals surface area (Å²) < 4.78 is 0. The summed E-state index contributed by atoms with van der Waals surface area (Å²) in [6.45, 7) is 3.81. The van der Waals surface area contributed by atoms with Crippen LogP contribution in [0.1, 0.15) is 32.5 Å². The second-order valence-corrected chi connectivity index (χ2v) is 3.73. The second kappa shape index (κ2) is 6.56. The summed E-state index contributed by atoms with van der Waals surface area (Å²) in [5.74, 6) is -0.430. The zero-order valence-corrected chi connectivity index (χ0v) is 9.86. The van der Waals surface area contributed by atoms with Gasteiger partial charge in [0.2, 0.25) is 11.8 Å². The molecule has 8 nitrogen and oxygen atoms in total. The number of nitrogens with zero attached hydrogens (tertiary/aromatic N) is 3. The van der Waals surface area contributed by atoms with Crippen LogP contribution >= 0.6 is 0 Å². The highest BCUT2D eigenvalue weighted by atomic mass is 16.2. The van der Waals surface area contributed by atoms with Crippen LogP contribution < -0.4 is 10.9 Å². The molecule has 8 heteroatoms. The fraction of sp³-hybridized carbons (Fsp3) is 0.667. The van der Waals surface area contributed by atoms with Gasteiger partial charge in [-0.05, 0) is 6.42 Å². The van der Waals surface area contributed by atoms with Gasteiger partial charge in [0.25, 0.3) is 0 Å². The molecule has 0 saturated carbocycles. The summed E-state index contributed by atoms with van der Waals surface area (Å²) in [6.07, 6.45) is 1.68. The molecular weight excluding hydrogens is 224 g/mol. The maximum atomic E-state index is 11.5. The number of H-pyrrole nitrogens is 1. The molecule has 1 unspecified atom stereocenters. The average molecular weight is 240 g/mol. The van der Waals surface area contributed by atoms with Gasteiger partial charge in [-0.1, -0.05) is 25.5 Å². The van der Waals surface area contributed by atoms with Crippen LogP contribution in [0.3, 0.4) is 0 Å². The van der Waals surface area contributed by atoms with Crippen molar-refractivity contribution in [1.29, 1.82) is 0 Å². The van der Waals surface area contributed by atoms with Crippen molar-refractivity contribution in [2.45, 2.75) is 33.1 Å². The smallest absolute Gasteiger partial charge is 0.246 e. The molecule has 0 fully saturated rings. The van der Waals surface area contributed by atoms with Crippen LogP contribution in [-0.2, 0) is 16.0 Å². The molecule has 1 aromatic rings. The summed E-state index contributed by atoms with van der Waals surface area (Å²) in [5.41, 5.74) is 4.65. The highest BCUT2D eigenvalue weighted by Crippen LogP contribution is 2.03. The molecule has 0 saturated heterocycles. The summed E-state index contributed by atoms with van der Waals surface area (Å²) in [7, 11) is 0. The number of tetrazole rings is 1. The van der Waals surface area contributed by atoms with Crippen molar-refractivity contribution in [3.63, 3.8) is 0 Å². The molecule has 1 rings (SSSR count). The predicted molar refractivity (Wildman–Crippen MR) is 58.2 cm³/mol. The molecule has 1 heterocycles. The van der Waals surface area contributed by atoms with Crippen LogP contribution in [0.25, 0.3) is 0 Å². The van der Waals surface area contributed by atoms with Crippen LogP contribution in [0.4, 0.5) is 0 Å². The molecule has 0 spiro atoms. The number of aromatic amines is 1. The molecule has 2 amide bonds. The van der Waals surface area contributed by atoms with Gasteiger partial charge in [-0.3, -0.25) is 20.4 Å². The van der Waals surface area contributed by atoms with Crippen LogP contribution in [0.5, 0.6) is 0 Å². The second-order valence-electron chi connectivity index (χ2n) is 3.73. The highest BCUT2D eigenvalue weighted by Gasteiger charge is 2.13. The number of carbonyl (C=O) groups excluding carboxylic acids is 2. The Kier molecular flexibility index (Phi) is 5.05. The Morgan fingerprint density at radius 3 is 2.76 bits per heavy atom. The summed E-state index contributed by atoms with van der Waals surface area (Å²) in [6, 6.07) is 0. The van der Waals surface area contributed by atoms with E-state index in [1.54, 1.807) is 0 Å². The number of hydrogen-bond acceptors (Lipinski definition) is 5. The van der Waals surface area contributed by atoms with E-state index in [4.69, 9.17) is 0 Å². The van der Waals surface area contributed by atoms with Crippen molar-refractivity contribution >= 4 is 11.8 Å². The third-order valence-electron chi connectivity index (χ3n) is 2.20. The third-order valence-corrected chi connectivity index (χ3v) is 2.20. The van der Waals surface area contributed by atoms with Crippen LogP contribution in [-0.4, -0.2) is 32.4 Å². The summed E-state index contributed by atoms with van der Waals surface area (Å²) in [5, 5.41) is 12.8. The quantitative estimate of drug-likeness (QED) is 0.590. The van der Waals surface area contributed by atoms with Gasteiger partial charge in [0.15, 0.2) is 5.82 Å². The van der Waals surface area contributed by atoms with Gasteiger partial charge in [-0.2, -0.15) is 5.21 Å². The monoisotopic (exact) mass is 240 g/mol. The van der Waals surface area contributed by atoms with Crippen molar-refractivity contribution < 1.29 is 9.59 Å². The van der Waals surface area contributed by atoms with E-state index in [0.717, 1.165) is 12.8 Å². The Bertz CT molecular complexity index is 364. The Hall–Kier alpha value is -1.99. The normalized spacial score (nSPS) is 11.9.